The molecule has 1 unspecified atom stereocenters. The van der Waals surface area contributed by atoms with Crippen molar-refractivity contribution in [1.82, 2.24) is 4.90 Å². The van der Waals surface area contributed by atoms with Gasteiger partial charge in [-0.15, -0.1) is 0 Å². The van der Waals surface area contributed by atoms with Gasteiger partial charge in [-0.05, 0) is 56.0 Å². The largest absolute Gasteiger partial charge is 0.482 e. The van der Waals surface area contributed by atoms with Gasteiger partial charge >= 0.3 is 5.97 Å². The standard InChI is InChI=1S/C24H28ClNO5/c1-17(24(28)26-12-6-3-7-13-26)31-22-9-5-4-8-18(22)14-19-15-20(25)10-11-21(19)30-16-23(27)29-2/h4-5,8-11,15,17H,3,6-7,12-14,16H2,1-2H3. The smallest absolute Gasteiger partial charge is 0.343 e. The van der Waals surface area contributed by atoms with Crippen molar-refractivity contribution in [2.75, 3.05) is 26.8 Å². The summed E-state index contributed by atoms with van der Waals surface area (Å²) in [4.78, 5) is 26.1. The highest BCUT2D eigenvalue weighted by molar-refractivity contribution is 6.30. The molecule has 1 amide bonds. The van der Waals surface area contributed by atoms with Crippen LogP contribution in [0.1, 0.15) is 37.3 Å². The monoisotopic (exact) mass is 445 g/mol. The Morgan fingerprint density at radius 1 is 1.03 bits per heavy atom. The molecule has 0 bridgehead atoms. The van der Waals surface area contributed by atoms with Crippen molar-refractivity contribution >= 4 is 23.5 Å². The van der Waals surface area contributed by atoms with E-state index in [9.17, 15) is 9.59 Å². The molecule has 0 N–H and O–H groups in total. The van der Waals surface area contributed by atoms with Crippen molar-refractivity contribution in [3.05, 3.63) is 58.6 Å². The maximum atomic E-state index is 12.8. The Balaban J connectivity index is 1.75. The molecule has 7 heteroatoms. The Morgan fingerprint density at radius 3 is 2.52 bits per heavy atom. The van der Waals surface area contributed by atoms with E-state index in [2.05, 4.69) is 4.74 Å². The Kier molecular flexibility index (Phi) is 8.18. The highest BCUT2D eigenvalue weighted by Crippen LogP contribution is 2.29. The first-order valence-corrected chi connectivity index (χ1v) is 10.9. The Morgan fingerprint density at radius 2 is 1.77 bits per heavy atom. The number of amides is 1. The first-order chi connectivity index (χ1) is 15.0. The van der Waals surface area contributed by atoms with E-state index < -0.39 is 12.1 Å². The molecule has 31 heavy (non-hydrogen) atoms. The van der Waals surface area contributed by atoms with E-state index in [-0.39, 0.29) is 12.5 Å². The van der Waals surface area contributed by atoms with Crippen LogP contribution >= 0.6 is 11.6 Å². The molecule has 1 aliphatic rings. The third-order valence-corrected chi connectivity index (χ3v) is 5.50. The van der Waals surface area contributed by atoms with E-state index in [0.29, 0.717) is 22.9 Å². The summed E-state index contributed by atoms with van der Waals surface area (Å²) in [5.74, 6) is 0.732. The number of carbonyl (C=O) groups excluding carboxylic acids is 2. The van der Waals surface area contributed by atoms with Crippen LogP contribution in [0.2, 0.25) is 5.02 Å². The minimum Gasteiger partial charge on any atom is -0.482 e. The molecule has 0 aromatic heterocycles. The van der Waals surface area contributed by atoms with Gasteiger partial charge in [-0.25, -0.2) is 4.79 Å². The molecule has 0 spiro atoms. The van der Waals surface area contributed by atoms with Crippen LogP contribution in [0, 0.1) is 0 Å². The van der Waals surface area contributed by atoms with Crippen LogP contribution in [-0.2, 0) is 20.7 Å². The van der Waals surface area contributed by atoms with Gasteiger partial charge in [-0.2, -0.15) is 0 Å². The number of carbonyl (C=O) groups is 2. The van der Waals surface area contributed by atoms with Crippen LogP contribution in [-0.4, -0.2) is 49.7 Å². The number of benzene rings is 2. The van der Waals surface area contributed by atoms with Crippen LogP contribution in [0.25, 0.3) is 0 Å². The zero-order valence-corrected chi connectivity index (χ0v) is 18.7. The summed E-state index contributed by atoms with van der Waals surface area (Å²) in [7, 11) is 1.31. The van der Waals surface area contributed by atoms with Crippen molar-refractivity contribution in [3.63, 3.8) is 0 Å². The molecular formula is C24H28ClNO5. The molecule has 166 valence electrons. The van der Waals surface area contributed by atoms with Crippen molar-refractivity contribution in [3.8, 4) is 11.5 Å². The predicted octanol–water partition coefficient (Wildman–Crippen LogP) is 4.26. The summed E-state index contributed by atoms with van der Waals surface area (Å²) in [5.41, 5.74) is 1.70. The van der Waals surface area contributed by atoms with Gasteiger partial charge in [0.2, 0.25) is 0 Å². The van der Waals surface area contributed by atoms with E-state index >= 15 is 0 Å². The SMILES string of the molecule is COC(=O)COc1ccc(Cl)cc1Cc1ccccc1OC(C)C(=O)N1CCCCC1. The molecule has 3 rings (SSSR count). The fraction of sp³-hybridized carbons (Fsp3) is 0.417. The van der Waals surface area contributed by atoms with Gasteiger partial charge in [0.05, 0.1) is 7.11 Å². The highest BCUT2D eigenvalue weighted by Gasteiger charge is 2.24. The lowest BCUT2D eigenvalue weighted by molar-refractivity contribution is -0.143. The second kappa shape index (κ2) is 11.0. The van der Waals surface area contributed by atoms with E-state index in [0.717, 1.165) is 37.1 Å². The number of ether oxygens (including phenoxy) is 3. The first-order valence-electron chi connectivity index (χ1n) is 10.5. The molecule has 1 aliphatic heterocycles. The number of hydrogen-bond donors (Lipinski definition) is 0. The topological polar surface area (TPSA) is 65.1 Å². The molecule has 0 radical (unpaired) electrons. The van der Waals surface area contributed by atoms with Crippen molar-refractivity contribution in [2.45, 2.75) is 38.7 Å². The van der Waals surface area contributed by atoms with Crippen LogP contribution in [0.4, 0.5) is 0 Å². The molecule has 1 saturated heterocycles. The van der Waals surface area contributed by atoms with Gasteiger partial charge in [0.15, 0.2) is 12.7 Å². The average molecular weight is 446 g/mol. The number of esters is 1. The van der Waals surface area contributed by atoms with Gasteiger partial charge in [0, 0.05) is 30.1 Å². The van der Waals surface area contributed by atoms with E-state index in [1.807, 2.05) is 29.2 Å². The Bertz CT molecular complexity index is 911. The summed E-state index contributed by atoms with van der Waals surface area (Å²) in [5, 5.41) is 0.562. The van der Waals surface area contributed by atoms with Gasteiger partial charge < -0.3 is 19.1 Å². The molecular weight excluding hydrogens is 418 g/mol. The molecule has 2 aromatic carbocycles. The van der Waals surface area contributed by atoms with Crippen LogP contribution < -0.4 is 9.47 Å². The summed E-state index contributed by atoms with van der Waals surface area (Å²) in [6.45, 7) is 3.18. The second-order valence-corrected chi connectivity index (χ2v) is 7.98. The lowest BCUT2D eigenvalue weighted by Gasteiger charge is -2.29. The van der Waals surface area contributed by atoms with Gasteiger partial charge in [-0.3, -0.25) is 4.79 Å². The zero-order chi connectivity index (χ0) is 22.2. The molecule has 2 aromatic rings. The molecule has 1 heterocycles. The fourth-order valence-electron chi connectivity index (χ4n) is 3.60. The highest BCUT2D eigenvalue weighted by atomic mass is 35.5. The quantitative estimate of drug-likeness (QED) is 0.568. The number of hydrogen-bond acceptors (Lipinski definition) is 5. The maximum Gasteiger partial charge on any atom is 0.343 e. The summed E-state index contributed by atoms with van der Waals surface area (Å²) in [6.07, 6.45) is 3.14. The van der Waals surface area contributed by atoms with Crippen molar-refractivity contribution in [2.24, 2.45) is 0 Å². The van der Waals surface area contributed by atoms with Crippen LogP contribution in [0.3, 0.4) is 0 Å². The number of likely N-dealkylation sites (tertiary alicyclic amines) is 1. The summed E-state index contributed by atoms with van der Waals surface area (Å²) in [6, 6.07) is 12.8. The second-order valence-electron chi connectivity index (χ2n) is 7.55. The van der Waals surface area contributed by atoms with Crippen LogP contribution in [0.15, 0.2) is 42.5 Å². The van der Waals surface area contributed by atoms with E-state index in [4.69, 9.17) is 21.1 Å². The van der Waals surface area contributed by atoms with Crippen molar-refractivity contribution < 1.29 is 23.8 Å². The van der Waals surface area contributed by atoms with Gasteiger partial charge in [0.1, 0.15) is 11.5 Å². The number of halogens is 1. The number of piperidine rings is 1. The van der Waals surface area contributed by atoms with Crippen LogP contribution in [0.5, 0.6) is 11.5 Å². The molecule has 0 aliphatic carbocycles. The van der Waals surface area contributed by atoms with Crippen molar-refractivity contribution in [1.29, 1.82) is 0 Å². The lowest BCUT2D eigenvalue weighted by atomic mass is 10.0. The third kappa shape index (κ3) is 6.37. The lowest BCUT2D eigenvalue weighted by Crippen LogP contribution is -2.43. The fourth-order valence-corrected chi connectivity index (χ4v) is 3.80. The summed E-state index contributed by atoms with van der Waals surface area (Å²) < 4.78 is 16.3. The third-order valence-electron chi connectivity index (χ3n) is 5.27. The number of nitrogens with zero attached hydrogens (tertiary/aromatic N) is 1. The predicted molar refractivity (Wildman–Crippen MR) is 119 cm³/mol. The Hall–Kier alpha value is -2.73. The number of methoxy groups -OCH3 is 1. The van der Waals surface area contributed by atoms with E-state index in [1.54, 1.807) is 25.1 Å². The Labute approximate surface area is 188 Å². The molecule has 1 atom stereocenters. The minimum absolute atomic E-state index is 0.0133. The average Bonchev–Trinajstić information content (AvgIpc) is 2.79. The van der Waals surface area contributed by atoms with Gasteiger partial charge in [0.25, 0.3) is 5.91 Å². The molecule has 0 saturated carbocycles. The minimum atomic E-state index is -0.575. The maximum absolute atomic E-state index is 12.8. The van der Waals surface area contributed by atoms with Gasteiger partial charge in [-0.1, -0.05) is 29.8 Å². The van der Waals surface area contributed by atoms with E-state index in [1.165, 1.54) is 13.5 Å². The normalized spacial score (nSPS) is 14.6. The zero-order valence-electron chi connectivity index (χ0n) is 17.9. The first kappa shape index (κ1) is 22.9. The summed E-state index contributed by atoms with van der Waals surface area (Å²) >= 11 is 6.20. The molecule has 1 fully saturated rings. The number of para-hydroxylation sites is 1. The number of rotatable bonds is 8. The molecule has 6 nitrogen and oxygen atoms in total.